The lowest BCUT2D eigenvalue weighted by molar-refractivity contribution is -0.137. The number of esters is 1. The summed E-state index contributed by atoms with van der Waals surface area (Å²) in [7, 11) is 3.02. The van der Waals surface area contributed by atoms with Crippen LogP contribution in [0.25, 0.3) is 0 Å². The van der Waals surface area contributed by atoms with Gasteiger partial charge in [0.2, 0.25) is 0 Å². The molecule has 0 radical (unpaired) electrons. The van der Waals surface area contributed by atoms with Gasteiger partial charge in [-0.1, -0.05) is 25.2 Å². The highest BCUT2D eigenvalue weighted by Crippen LogP contribution is 2.29. The monoisotopic (exact) mass is 210 g/mol. The minimum atomic E-state index is -0.283. The van der Waals surface area contributed by atoms with Gasteiger partial charge in [-0.05, 0) is 12.8 Å². The summed E-state index contributed by atoms with van der Waals surface area (Å²) >= 11 is 0. The Morgan fingerprint density at radius 3 is 2.87 bits per heavy atom. The van der Waals surface area contributed by atoms with Crippen LogP contribution in [0.1, 0.15) is 19.8 Å². The molecule has 0 N–H and O–H groups in total. The molecule has 2 atom stereocenters. The van der Waals surface area contributed by atoms with Crippen LogP contribution in [-0.2, 0) is 14.3 Å². The first-order valence-electron chi connectivity index (χ1n) is 5.22. The summed E-state index contributed by atoms with van der Waals surface area (Å²) in [5.74, 6) is -0.0155. The van der Waals surface area contributed by atoms with Crippen LogP contribution in [0.15, 0.2) is 23.8 Å². The smallest absolute Gasteiger partial charge is 0.336 e. The summed E-state index contributed by atoms with van der Waals surface area (Å²) in [5, 5.41) is 0. The van der Waals surface area contributed by atoms with Gasteiger partial charge in [-0.2, -0.15) is 0 Å². The zero-order valence-electron chi connectivity index (χ0n) is 9.53. The zero-order valence-corrected chi connectivity index (χ0v) is 9.53. The zero-order chi connectivity index (χ0) is 11.3. The van der Waals surface area contributed by atoms with Gasteiger partial charge in [-0.15, -0.1) is 0 Å². The number of hydrogen-bond acceptors (Lipinski definition) is 3. The van der Waals surface area contributed by atoms with E-state index >= 15 is 0 Å². The Morgan fingerprint density at radius 2 is 2.33 bits per heavy atom. The number of rotatable bonds is 4. The summed E-state index contributed by atoms with van der Waals surface area (Å²) in [5.41, 5.74) is 0.644. The first kappa shape index (κ1) is 12.0. The van der Waals surface area contributed by atoms with E-state index in [1.165, 1.54) is 7.11 Å². The molecule has 84 valence electrons. The molecule has 0 aromatic heterocycles. The second-order valence-electron chi connectivity index (χ2n) is 3.54. The summed E-state index contributed by atoms with van der Waals surface area (Å²) in [4.78, 5) is 11.4. The highest BCUT2D eigenvalue weighted by atomic mass is 16.5. The van der Waals surface area contributed by atoms with E-state index in [0.29, 0.717) is 5.57 Å². The van der Waals surface area contributed by atoms with E-state index in [-0.39, 0.29) is 18.0 Å². The van der Waals surface area contributed by atoms with Crippen molar-refractivity contribution in [2.75, 3.05) is 14.2 Å². The molecular weight excluding hydrogens is 192 g/mol. The molecule has 3 nitrogen and oxygen atoms in total. The van der Waals surface area contributed by atoms with Crippen molar-refractivity contribution >= 4 is 5.97 Å². The topological polar surface area (TPSA) is 35.5 Å². The largest absolute Gasteiger partial charge is 0.466 e. The maximum absolute atomic E-state index is 11.4. The Kier molecular flexibility index (Phi) is 4.56. The molecule has 0 amide bonds. The summed E-state index contributed by atoms with van der Waals surface area (Å²) in [6, 6.07) is 0. The van der Waals surface area contributed by atoms with E-state index in [1.807, 2.05) is 6.08 Å². The Bertz CT molecular complexity index is 279. The Morgan fingerprint density at radius 1 is 1.60 bits per heavy atom. The van der Waals surface area contributed by atoms with E-state index in [9.17, 15) is 4.79 Å². The lowest BCUT2D eigenvalue weighted by atomic mass is 10.0. The highest BCUT2D eigenvalue weighted by Gasteiger charge is 2.32. The molecule has 1 rings (SSSR count). The lowest BCUT2D eigenvalue weighted by Crippen LogP contribution is -2.23. The number of ether oxygens (including phenoxy) is 2. The maximum atomic E-state index is 11.4. The average Bonchev–Trinajstić information content (AvgIpc) is 2.67. The molecule has 0 aromatic carbocycles. The third-order valence-electron chi connectivity index (χ3n) is 2.60. The van der Waals surface area contributed by atoms with Crippen LogP contribution in [-0.4, -0.2) is 26.3 Å². The summed E-state index contributed by atoms with van der Waals surface area (Å²) in [6.07, 6.45) is 7.82. The van der Waals surface area contributed by atoms with Gasteiger partial charge >= 0.3 is 5.97 Å². The normalized spacial score (nSPS) is 25.7. The van der Waals surface area contributed by atoms with E-state index < -0.39 is 0 Å². The first-order valence-corrected chi connectivity index (χ1v) is 5.22. The third kappa shape index (κ3) is 2.69. The van der Waals surface area contributed by atoms with Gasteiger partial charge in [0.25, 0.3) is 0 Å². The minimum Gasteiger partial charge on any atom is -0.466 e. The molecule has 0 spiro atoms. The quantitative estimate of drug-likeness (QED) is 0.526. The second-order valence-corrected chi connectivity index (χ2v) is 3.54. The Hall–Kier alpha value is -1.09. The van der Waals surface area contributed by atoms with E-state index in [4.69, 9.17) is 9.47 Å². The lowest BCUT2D eigenvalue weighted by Gasteiger charge is -2.17. The van der Waals surface area contributed by atoms with E-state index in [2.05, 4.69) is 19.1 Å². The van der Waals surface area contributed by atoms with Gasteiger partial charge < -0.3 is 9.47 Å². The fourth-order valence-electron chi connectivity index (χ4n) is 1.84. The molecule has 3 heteroatoms. The number of hydrogen-bond donors (Lipinski definition) is 0. The molecule has 1 aliphatic carbocycles. The van der Waals surface area contributed by atoms with Crippen molar-refractivity contribution in [2.45, 2.75) is 25.9 Å². The first-order chi connectivity index (χ1) is 7.24. The van der Waals surface area contributed by atoms with Gasteiger partial charge in [-0.25, -0.2) is 4.79 Å². The Balaban J connectivity index is 2.70. The van der Waals surface area contributed by atoms with Crippen molar-refractivity contribution in [1.82, 2.24) is 0 Å². The van der Waals surface area contributed by atoms with Gasteiger partial charge in [0, 0.05) is 13.0 Å². The maximum Gasteiger partial charge on any atom is 0.336 e. The minimum absolute atomic E-state index is 0.153. The summed E-state index contributed by atoms with van der Waals surface area (Å²) < 4.78 is 10.0. The summed E-state index contributed by atoms with van der Waals surface area (Å²) in [6.45, 7) is 2.09. The molecule has 15 heavy (non-hydrogen) atoms. The van der Waals surface area contributed by atoms with Crippen LogP contribution in [0.4, 0.5) is 0 Å². The van der Waals surface area contributed by atoms with Crippen LogP contribution >= 0.6 is 0 Å². The molecule has 0 heterocycles. The fraction of sp³-hybridized carbons (Fsp3) is 0.583. The van der Waals surface area contributed by atoms with Gasteiger partial charge in [0.05, 0.1) is 18.8 Å². The molecule has 0 bridgehead atoms. The van der Waals surface area contributed by atoms with Crippen LogP contribution in [0.5, 0.6) is 0 Å². The molecule has 1 aliphatic rings. The van der Waals surface area contributed by atoms with Crippen LogP contribution in [0, 0.1) is 5.92 Å². The molecular formula is C12H18O3. The van der Waals surface area contributed by atoms with Gasteiger partial charge in [0.1, 0.15) is 0 Å². The predicted molar refractivity (Wildman–Crippen MR) is 58.4 cm³/mol. The Labute approximate surface area is 90.8 Å². The van der Waals surface area contributed by atoms with Crippen molar-refractivity contribution < 1.29 is 14.3 Å². The third-order valence-corrected chi connectivity index (χ3v) is 2.60. The van der Waals surface area contributed by atoms with Crippen molar-refractivity contribution in [1.29, 1.82) is 0 Å². The standard InChI is InChI=1S/C12H18O3/c1-4-5-6-9-7-8-10(11(9)14-2)12(13)15-3/h5-6,8-9,11H,4,7H2,1-3H3/b6-5+/t9-,11-/m1/s1. The number of allylic oxidation sites excluding steroid dienone is 2. The second kappa shape index (κ2) is 5.71. The number of methoxy groups -OCH3 is 2. The van der Waals surface area contributed by atoms with Crippen LogP contribution < -0.4 is 0 Å². The average molecular weight is 210 g/mol. The number of carbonyl (C=O) groups excluding carboxylic acids is 1. The fourth-order valence-corrected chi connectivity index (χ4v) is 1.84. The van der Waals surface area contributed by atoms with Crippen molar-refractivity contribution in [3.05, 3.63) is 23.8 Å². The molecule has 0 saturated heterocycles. The van der Waals surface area contributed by atoms with Crippen molar-refractivity contribution in [3.8, 4) is 0 Å². The molecule has 0 unspecified atom stereocenters. The highest BCUT2D eigenvalue weighted by molar-refractivity contribution is 5.90. The molecule has 0 aliphatic heterocycles. The van der Waals surface area contributed by atoms with Gasteiger partial charge in [0.15, 0.2) is 0 Å². The van der Waals surface area contributed by atoms with Gasteiger partial charge in [-0.3, -0.25) is 0 Å². The SMILES string of the molecule is CC/C=C/[C@@H]1CC=C(C(=O)OC)[C@@H]1OC. The van der Waals surface area contributed by atoms with E-state index in [0.717, 1.165) is 12.8 Å². The number of carbonyl (C=O) groups is 1. The van der Waals surface area contributed by atoms with E-state index in [1.54, 1.807) is 7.11 Å². The van der Waals surface area contributed by atoms with Crippen molar-refractivity contribution in [2.24, 2.45) is 5.92 Å². The van der Waals surface area contributed by atoms with Crippen molar-refractivity contribution in [3.63, 3.8) is 0 Å². The molecule has 0 aromatic rings. The van der Waals surface area contributed by atoms with Crippen LogP contribution in [0.3, 0.4) is 0 Å². The predicted octanol–water partition coefficient (Wildman–Crippen LogP) is 2.09. The molecule has 0 saturated carbocycles. The molecule has 0 fully saturated rings. The van der Waals surface area contributed by atoms with Crippen LogP contribution in [0.2, 0.25) is 0 Å².